The fourth-order valence-electron chi connectivity index (χ4n) is 4.95. The Balaban J connectivity index is 0.000000186. The second-order valence-corrected chi connectivity index (χ2v) is 10.7. The Bertz CT molecular complexity index is 1460. The summed E-state index contributed by atoms with van der Waals surface area (Å²) in [4.78, 5) is 35.4. The zero-order chi connectivity index (χ0) is 25.6. The maximum absolute atomic E-state index is 13.2. The van der Waals surface area contributed by atoms with E-state index in [4.69, 9.17) is 10.8 Å². The molecule has 1 amide bonds. The lowest BCUT2D eigenvalue weighted by atomic mass is 10.0. The van der Waals surface area contributed by atoms with Crippen LogP contribution < -0.4 is 5.73 Å². The highest BCUT2D eigenvalue weighted by molar-refractivity contribution is 7.15. The van der Waals surface area contributed by atoms with Gasteiger partial charge in [0, 0.05) is 24.8 Å². The van der Waals surface area contributed by atoms with Crippen molar-refractivity contribution in [2.24, 2.45) is 11.7 Å². The lowest BCUT2D eigenvalue weighted by Crippen LogP contribution is -2.42. The molecular weight excluding hydrogens is 474 g/mol. The number of aryl methyl sites for hydroxylation is 3. The molecule has 0 spiro atoms. The first kappa shape index (κ1) is 24.1. The van der Waals surface area contributed by atoms with E-state index < -0.39 is 5.97 Å². The van der Waals surface area contributed by atoms with E-state index in [2.05, 4.69) is 42.0 Å². The van der Waals surface area contributed by atoms with Crippen LogP contribution in [0.4, 0.5) is 0 Å². The van der Waals surface area contributed by atoms with Gasteiger partial charge in [-0.15, -0.1) is 11.3 Å². The van der Waals surface area contributed by atoms with Crippen molar-refractivity contribution in [3.63, 3.8) is 0 Å². The van der Waals surface area contributed by atoms with Crippen molar-refractivity contribution in [3.05, 3.63) is 76.3 Å². The minimum Gasteiger partial charge on any atom is -0.477 e. The van der Waals surface area contributed by atoms with Crippen molar-refractivity contribution in [1.82, 2.24) is 19.3 Å². The smallest absolute Gasteiger partial charge is 0.354 e. The first-order valence-corrected chi connectivity index (χ1v) is 12.8. The highest BCUT2D eigenvalue weighted by atomic mass is 32.1. The Hall–Kier alpha value is -3.56. The molecule has 1 aliphatic heterocycles. The van der Waals surface area contributed by atoms with Gasteiger partial charge in [0.25, 0.3) is 5.91 Å². The van der Waals surface area contributed by atoms with Crippen LogP contribution in [0.5, 0.6) is 0 Å². The highest BCUT2D eigenvalue weighted by Crippen LogP contribution is 2.48. The average Bonchev–Trinajstić information content (AvgIpc) is 3.20. The number of hydrogen-bond donors (Lipinski definition) is 2. The largest absolute Gasteiger partial charge is 0.477 e. The van der Waals surface area contributed by atoms with Crippen LogP contribution in [0.15, 0.2) is 48.8 Å². The van der Waals surface area contributed by atoms with Gasteiger partial charge in [-0.1, -0.05) is 24.3 Å². The maximum Gasteiger partial charge on any atom is 0.354 e. The van der Waals surface area contributed by atoms with Gasteiger partial charge in [0.15, 0.2) is 5.69 Å². The van der Waals surface area contributed by atoms with Gasteiger partial charge < -0.3 is 15.7 Å². The Morgan fingerprint density at radius 1 is 1.14 bits per heavy atom. The van der Waals surface area contributed by atoms with E-state index in [-0.39, 0.29) is 17.6 Å². The van der Waals surface area contributed by atoms with Crippen LogP contribution in [-0.4, -0.2) is 54.9 Å². The number of fused-ring (bicyclic) bond motifs is 2. The molecule has 4 heterocycles. The van der Waals surface area contributed by atoms with Gasteiger partial charge in [-0.25, -0.2) is 14.8 Å². The lowest BCUT2D eigenvalue weighted by molar-refractivity contribution is 0.0684. The quantitative estimate of drug-likeness (QED) is 0.429. The number of thiazole rings is 1. The normalized spacial score (nSPS) is 20.1. The first-order chi connectivity index (χ1) is 17.3. The molecule has 1 aliphatic carbocycles. The van der Waals surface area contributed by atoms with Crippen molar-refractivity contribution >= 4 is 28.9 Å². The molecule has 8 nitrogen and oxygen atoms in total. The summed E-state index contributed by atoms with van der Waals surface area (Å²) in [5, 5.41) is 9.64. The van der Waals surface area contributed by atoms with E-state index >= 15 is 0 Å². The Labute approximate surface area is 213 Å². The summed E-state index contributed by atoms with van der Waals surface area (Å²) in [5.41, 5.74) is 10.9. The molecule has 0 bridgehead atoms. The third-order valence-electron chi connectivity index (χ3n) is 7.06. The molecular formula is C27H29N5O3S. The molecule has 3 atom stereocenters. The summed E-state index contributed by atoms with van der Waals surface area (Å²) in [7, 11) is 0. The Morgan fingerprint density at radius 2 is 1.94 bits per heavy atom. The van der Waals surface area contributed by atoms with Gasteiger partial charge in [0.1, 0.15) is 11.3 Å². The van der Waals surface area contributed by atoms with Gasteiger partial charge in [0.05, 0.1) is 16.1 Å². The van der Waals surface area contributed by atoms with E-state index in [1.54, 1.807) is 29.7 Å². The number of imidazole rings is 1. The molecule has 1 aromatic carbocycles. The standard InChI is InChI=1S/C19H23N3OS.C8H6N2O2/c1-10-4-5-13(6-11(10)2)18-17(21-12(3)24-18)19(23)22-15(9-20)7-14-8-16(14)22;11-8(12)6-5-9-7-3-1-2-4-10(6)7/h4-6,14-16H,7-9,20H2,1-3H3;1-5H,(H,11,12)/t14-,15+,16+;/m1./s1. The van der Waals surface area contributed by atoms with Crippen molar-refractivity contribution in [3.8, 4) is 10.4 Å². The monoisotopic (exact) mass is 503 g/mol. The molecule has 6 rings (SSSR count). The number of aromatic carboxylic acids is 1. The molecule has 0 radical (unpaired) electrons. The molecule has 3 N–H and O–H groups in total. The van der Waals surface area contributed by atoms with E-state index in [1.165, 1.54) is 21.7 Å². The molecule has 1 saturated carbocycles. The summed E-state index contributed by atoms with van der Waals surface area (Å²) in [6.45, 7) is 6.72. The SMILES string of the molecule is Cc1nc(C(=O)N2[C@H](CN)C[C@@H]3C[C@@H]32)c(-c2ccc(C)c(C)c2)s1.O=C(O)c1cnc2ccccn12. The molecule has 2 fully saturated rings. The number of amides is 1. The molecule has 0 unspecified atom stereocenters. The van der Waals surface area contributed by atoms with Gasteiger partial charge in [0.2, 0.25) is 0 Å². The van der Waals surface area contributed by atoms with Crippen molar-refractivity contribution < 1.29 is 14.7 Å². The van der Waals surface area contributed by atoms with Gasteiger partial charge in [-0.3, -0.25) is 9.20 Å². The van der Waals surface area contributed by atoms with Crippen molar-refractivity contribution in [1.29, 1.82) is 0 Å². The number of carboxylic acid groups (broad SMARTS) is 1. The number of nitrogens with two attached hydrogens (primary N) is 1. The number of hydrogen-bond acceptors (Lipinski definition) is 6. The molecule has 9 heteroatoms. The summed E-state index contributed by atoms with van der Waals surface area (Å²) < 4.78 is 1.53. The zero-order valence-electron chi connectivity index (χ0n) is 20.5. The summed E-state index contributed by atoms with van der Waals surface area (Å²) >= 11 is 1.60. The van der Waals surface area contributed by atoms with Crippen LogP contribution in [0.2, 0.25) is 0 Å². The predicted octanol–water partition coefficient (Wildman–Crippen LogP) is 4.33. The number of benzene rings is 1. The molecule has 36 heavy (non-hydrogen) atoms. The second-order valence-electron chi connectivity index (χ2n) is 9.49. The number of pyridine rings is 1. The first-order valence-electron chi connectivity index (χ1n) is 12.0. The second kappa shape index (κ2) is 9.48. The summed E-state index contributed by atoms with van der Waals surface area (Å²) in [6, 6.07) is 12.3. The van der Waals surface area contributed by atoms with Crippen LogP contribution in [0.1, 0.15) is 50.0 Å². The molecule has 186 valence electrons. The van der Waals surface area contributed by atoms with Crippen LogP contribution in [0.25, 0.3) is 16.1 Å². The molecule has 2 aliphatic rings. The topological polar surface area (TPSA) is 114 Å². The fraction of sp³-hybridized carbons (Fsp3) is 0.333. The molecule has 1 saturated heterocycles. The average molecular weight is 504 g/mol. The highest BCUT2D eigenvalue weighted by Gasteiger charge is 2.54. The molecule has 3 aromatic heterocycles. The number of rotatable bonds is 4. The Kier molecular flexibility index (Phi) is 6.36. The van der Waals surface area contributed by atoms with Crippen molar-refractivity contribution in [2.45, 2.75) is 45.7 Å². The van der Waals surface area contributed by atoms with Crippen LogP contribution in [0, 0.1) is 26.7 Å². The third kappa shape index (κ3) is 4.40. The number of likely N-dealkylation sites (tertiary alicyclic amines) is 1. The third-order valence-corrected chi connectivity index (χ3v) is 8.08. The van der Waals surface area contributed by atoms with Crippen molar-refractivity contribution in [2.75, 3.05) is 6.54 Å². The number of carbonyl (C=O) groups excluding carboxylic acids is 1. The number of carboxylic acids is 1. The van der Waals surface area contributed by atoms with Gasteiger partial charge in [-0.2, -0.15) is 0 Å². The number of aromatic nitrogens is 3. The predicted molar refractivity (Wildman–Crippen MR) is 139 cm³/mol. The molecule has 4 aromatic rings. The maximum atomic E-state index is 13.2. The van der Waals surface area contributed by atoms with E-state index in [0.717, 1.165) is 28.3 Å². The Morgan fingerprint density at radius 3 is 2.67 bits per heavy atom. The van der Waals surface area contributed by atoms with Crippen LogP contribution in [-0.2, 0) is 0 Å². The number of nitrogens with zero attached hydrogens (tertiary/aromatic N) is 4. The van der Waals surface area contributed by atoms with Crippen LogP contribution in [0.3, 0.4) is 0 Å². The van der Waals surface area contributed by atoms with Crippen LogP contribution >= 0.6 is 11.3 Å². The fourth-order valence-corrected chi connectivity index (χ4v) is 5.86. The van der Waals surface area contributed by atoms with E-state index in [9.17, 15) is 9.59 Å². The summed E-state index contributed by atoms with van der Waals surface area (Å²) in [5.74, 6) is -0.242. The number of piperidine rings is 1. The van der Waals surface area contributed by atoms with Gasteiger partial charge >= 0.3 is 5.97 Å². The number of carbonyl (C=O) groups is 2. The minimum atomic E-state index is -0.964. The van der Waals surface area contributed by atoms with E-state index in [1.807, 2.05) is 17.9 Å². The zero-order valence-corrected chi connectivity index (χ0v) is 21.3. The van der Waals surface area contributed by atoms with Gasteiger partial charge in [-0.05, 0) is 68.4 Å². The van der Waals surface area contributed by atoms with E-state index in [0.29, 0.717) is 29.8 Å². The summed E-state index contributed by atoms with van der Waals surface area (Å²) in [6.07, 6.45) is 5.20. The minimum absolute atomic E-state index is 0.0630. The lowest BCUT2D eigenvalue weighted by Gasteiger charge is -2.26.